The Labute approximate surface area is 352 Å². The summed E-state index contributed by atoms with van der Waals surface area (Å²) in [6.07, 6.45) is 6.09. The number of aromatic nitrogens is 2. The minimum absolute atomic E-state index is 0.00986. The number of ether oxygens (including phenoxy) is 2. The number of nitrogens with zero attached hydrogens (tertiary/aromatic N) is 3. The molecule has 326 valence electrons. The minimum Gasteiger partial charge on any atom is -0.458 e. The number of hydrogen-bond acceptors (Lipinski definition) is 11. The lowest BCUT2D eigenvalue weighted by Gasteiger charge is -2.31. The van der Waals surface area contributed by atoms with Gasteiger partial charge in [0.1, 0.15) is 31.2 Å². The van der Waals surface area contributed by atoms with Crippen molar-refractivity contribution in [1.29, 1.82) is 0 Å². The number of nitrogens with one attached hydrogen (secondary N) is 3. The lowest BCUT2D eigenvalue weighted by molar-refractivity contribution is -0.172. The Bertz CT molecular complexity index is 2340. The highest BCUT2D eigenvalue weighted by atomic mass is 19.1. The van der Waals surface area contributed by atoms with E-state index in [2.05, 4.69) is 16.0 Å². The molecular weight excluding hydrogens is 792 g/mol. The van der Waals surface area contributed by atoms with Gasteiger partial charge in [0.25, 0.3) is 17.4 Å². The van der Waals surface area contributed by atoms with E-state index in [0.717, 1.165) is 21.4 Å². The van der Waals surface area contributed by atoms with Gasteiger partial charge in [0.15, 0.2) is 5.60 Å². The predicted molar refractivity (Wildman–Crippen MR) is 220 cm³/mol. The zero-order chi connectivity index (χ0) is 44.2. The van der Waals surface area contributed by atoms with Gasteiger partial charge in [-0.15, -0.1) is 0 Å². The standard InChI is InChI=1S/C44H53FN6O10/c1-6-44(59)31-19-34-39-29(21-51(34)42(57)30(31)22-61-43(44)58)27(28-18-25(4)32(45)20-33(28)48-39)12-9-11-17-60-23-46-40(55)26(5)47-41(56)38(24(2)3)49-35(52)13-8-7-10-16-50-36(53)14-15-37(50)54/h14-15,18-20,24,26,38,59H,6-13,16-17,21-23H2,1-5H3,(H,46,55)(H,47,56)(H,49,52)/t26-,38-,44-/m0/s1. The molecule has 0 spiro atoms. The maximum atomic E-state index is 14.8. The Kier molecular flexibility index (Phi) is 13.8. The van der Waals surface area contributed by atoms with E-state index in [1.807, 2.05) is 0 Å². The minimum atomic E-state index is -1.97. The molecule has 2 aromatic heterocycles. The van der Waals surface area contributed by atoms with Gasteiger partial charge < -0.3 is 35.1 Å². The quantitative estimate of drug-likeness (QED) is 0.0466. The summed E-state index contributed by atoms with van der Waals surface area (Å²) in [4.78, 5) is 94.2. The molecule has 0 saturated carbocycles. The number of rotatable bonds is 19. The van der Waals surface area contributed by atoms with Crippen LogP contribution in [0.1, 0.15) is 100 Å². The third-order valence-electron chi connectivity index (χ3n) is 11.6. The fourth-order valence-electron chi connectivity index (χ4n) is 7.96. The average molecular weight is 845 g/mol. The number of imide groups is 1. The van der Waals surface area contributed by atoms with Crippen LogP contribution in [0.5, 0.6) is 0 Å². The zero-order valence-corrected chi connectivity index (χ0v) is 35.2. The third-order valence-corrected chi connectivity index (χ3v) is 11.6. The van der Waals surface area contributed by atoms with E-state index < -0.39 is 41.3 Å². The first-order valence-electron chi connectivity index (χ1n) is 20.8. The van der Waals surface area contributed by atoms with Gasteiger partial charge in [0.05, 0.1) is 29.0 Å². The first-order valence-corrected chi connectivity index (χ1v) is 20.8. The molecule has 4 N–H and O–H groups in total. The number of benzene rings is 1. The Hall–Kier alpha value is -5.81. The largest absolute Gasteiger partial charge is 0.458 e. The Balaban J connectivity index is 0.980. The molecule has 5 heterocycles. The van der Waals surface area contributed by atoms with Crippen molar-refractivity contribution in [2.45, 2.75) is 117 Å². The molecule has 1 aromatic carbocycles. The Morgan fingerprint density at radius 3 is 2.41 bits per heavy atom. The van der Waals surface area contributed by atoms with E-state index in [1.165, 1.54) is 25.1 Å². The van der Waals surface area contributed by atoms with E-state index in [1.54, 1.807) is 44.4 Å². The van der Waals surface area contributed by atoms with Crippen LogP contribution in [0.3, 0.4) is 0 Å². The molecule has 3 aliphatic rings. The summed E-state index contributed by atoms with van der Waals surface area (Å²) in [5, 5.41) is 20.1. The second-order valence-electron chi connectivity index (χ2n) is 16.2. The number of unbranched alkanes of at least 4 members (excludes halogenated alkanes) is 3. The highest BCUT2D eigenvalue weighted by Crippen LogP contribution is 2.41. The van der Waals surface area contributed by atoms with Gasteiger partial charge in [0, 0.05) is 54.3 Å². The molecule has 0 radical (unpaired) electrons. The van der Waals surface area contributed by atoms with Crippen LogP contribution in [-0.4, -0.2) is 87.0 Å². The van der Waals surface area contributed by atoms with Gasteiger partial charge in [-0.05, 0) is 81.5 Å². The summed E-state index contributed by atoms with van der Waals surface area (Å²) < 4.78 is 27.3. The highest BCUT2D eigenvalue weighted by molar-refractivity contribution is 6.12. The first-order chi connectivity index (χ1) is 29.0. The van der Waals surface area contributed by atoms with Crippen LogP contribution in [-0.2, 0) is 63.4 Å². The molecule has 5 amide bonds. The first kappa shape index (κ1) is 44.7. The smallest absolute Gasteiger partial charge is 0.343 e. The third kappa shape index (κ3) is 9.42. The van der Waals surface area contributed by atoms with Gasteiger partial charge in [-0.25, -0.2) is 14.2 Å². The number of carbonyl (C=O) groups excluding carboxylic acids is 6. The summed E-state index contributed by atoms with van der Waals surface area (Å²) in [5.74, 6) is -3.47. The molecule has 3 aromatic rings. The zero-order valence-electron chi connectivity index (χ0n) is 35.2. The number of aryl methyl sites for hydroxylation is 2. The van der Waals surface area contributed by atoms with E-state index in [-0.39, 0.29) is 79.6 Å². The number of fused-ring (bicyclic) bond motifs is 5. The maximum absolute atomic E-state index is 14.8. The van der Waals surface area contributed by atoms with Gasteiger partial charge in [0.2, 0.25) is 17.7 Å². The van der Waals surface area contributed by atoms with E-state index in [9.17, 15) is 43.1 Å². The van der Waals surface area contributed by atoms with Crippen molar-refractivity contribution in [3.05, 3.63) is 74.3 Å². The van der Waals surface area contributed by atoms with E-state index in [0.29, 0.717) is 67.6 Å². The van der Waals surface area contributed by atoms with Crippen LogP contribution in [0, 0.1) is 18.7 Å². The normalized spacial score (nSPS) is 17.6. The Morgan fingerprint density at radius 2 is 1.70 bits per heavy atom. The van der Waals surface area contributed by atoms with Crippen molar-refractivity contribution >= 4 is 46.4 Å². The molecule has 16 nitrogen and oxygen atoms in total. The van der Waals surface area contributed by atoms with Crippen molar-refractivity contribution in [2.75, 3.05) is 19.9 Å². The van der Waals surface area contributed by atoms with E-state index >= 15 is 0 Å². The fraction of sp³-hybridized carbons (Fsp3) is 0.500. The molecular formula is C44H53FN6O10. The summed E-state index contributed by atoms with van der Waals surface area (Å²) in [6.45, 7) is 8.84. The molecule has 3 atom stereocenters. The average Bonchev–Trinajstić information content (AvgIpc) is 3.75. The second kappa shape index (κ2) is 18.8. The number of halogens is 1. The SMILES string of the molecule is CC[C@@]1(O)C(=O)OCc2c1cc1n(c2=O)Cc2c-1nc1cc(F)c(C)cc1c2CCCCOCNC(=O)[C@H](C)NC(=O)[C@@H](NC(=O)CCCCCN1C(=O)C=CC1=O)C(C)C. The van der Waals surface area contributed by atoms with Crippen molar-refractivity contribution in [2.24, 2.45) is 5.92 Å². The highest BCUT2D eigenvalue weighted by Gasteiger charge is 2.45. The molecule has 0 saturated heterocycles. The van der Waals surface area contributed by atoms with Crippen LogP contribution in [0.2, 0.25) is 0 Å². The second-order valence-corrected chi connectivity index (χ2v) is 16.2. The molecule has 0 bridgehead atoms. The van der Waals surface area contributed by atoms with Crippen LogP contribution >= 0.6 is 0 Å². The number of carbonyl (C=O) groups is 6. The predicted octanol–water partition coefficient (Wildman–Crippen LogP) is 3.07. The molecule has 0 fully saturated rings. The number of amides is 5. The monoisotopic (exact) mass is 844 g/mol. The molecule has 61 heavy (non-hydrogen) atoms. The van der Waals surface area contributed by atoms with Gasteiger partial charge in [-0.2, -0.15) is 0 Å². The van der Waals surface area contributed by atoms with E-state index in [4.69, 9.17) is 14.5 Å². The number of aliphatic hydroxyl groups is 1. The lowest BCUT2D eigenvalue weighted by Crippen LogP contribution is -2.54. The number of cyclic esters (lactones) is 1. The molecule has 0 aliphatic carbocycles. The van der Waals surface area contributed by atoms with Crippen molar-refractivity contribution < 1.29 is 47.7 Å². The molecule has 6 rings (SSSR count). The summed E-state index contributed by atoms with van der Waals surface area (Å²) in [6, 6.07) is 2.97. The lowest BCUT2D eigenvalue weighted by atomic mass is 9.86. The summed E-state index contributed by atoms with van der Waals surface area (Å²) in [5.41, 5.74) is 1.55. The topological polar surface area (TPSA) is 215 Å². The summed E-state index contributed by atoms with van der Waals surface area (Å²) >= 11 is 0. The van der Waals surface area contributed by atoms with Crippen LogP contribution < -0.4 is 21.5 Å². The fourth-order valence-corrected chi connectivity index (χ4v) is 7.96. The molecule has 0 unspecified atom stereocenters. The number of esters is 1. The van der Waals surface area contributed by atoms with Crippen LogP contribution in [0.15, 0.2) is 35.1 Å². The van der Waals surface area contributed by atoms with Gasteiger partial charge in [-0.3, -0.25) is 33.7 Å². The maximum Gasteiger partial charge on any atom is 0.343 e. The Morgan fingerprint density at radius 1 is 0.967 bits per heavy atom. The molecule has 17 heteroatoms. The number of hydrogen-bond donors (Lipinski definition) is 4. The van der Waals surface area contributed by atoms with Crippen LogP contribution in [0.4, 0.5) is 4.39 Å². The summed E-state index contributed by atoms with van der Waals surface area (Å²) in [7, 11) is 0. The van der Waals surface area contributed by atoms with Gasteiger partial charge in [-0.1, -0.05) is 27.2 Å². The van der Waals surface area contributed by atoms with Crippen molar-refractivity contribution in [3.8, 4) is 11.4 Å². The van der Waals surface area contributed by atoms with Crippen molar-refractivity contribution in [3.63, 3.8) is 0 Å². The van der Waals surface area contributed by atoms with Gasteiger partial charge >= 0.3 is 5.97 Å². The van der Waals surface area contributed by atoms with Crippen LogP contribution in [0.25, 0.3) is 22.3 Å². The number of pyridine rings is 2. The molecule has 3 aliphatic heterocycles. The van der Waals surface area contributed by atoms with Crippen molar-refractivity contribution in [1.82, 2.24) is 30.4 Å².